The van der Waals surface area contributed by atoms with Gasteiger partial charge in [-0.1, -0.05) is 120 Å². The van der Waals surface area contributed by atoms with E-state index in [0.29, 0.717) is 5.69 Å². The number of carbonyl (C=O) groups excluding carboxylic acids is 1. The smallest absolute Gasteiger partial charge is 0.264 e. The number of aryl methyl sites for hydroxylation is 2. The van der Waals surface area contributed by atoms with Crippen LogP contribution in [0.15, 0.2) is 138 Å². The van der Waals surface area contributed by atoms with Crippen molar-refractivity contribution in [3.05, 3.63) is 167 Å². The van der Waals surface area contributed by atoms with Crippen LogP contribution in [0.2, 0.25) is 0 Å². The number of nitrogens with one attached hydrogen (secondary N) is 1. The third-order valence-corrected chi connectivity index (χ3v) is 8.79. The van der Waals surface area contributed by atoms with Gasteiger partial charge in [0, 0.05) is 0 Å². The zero-order chi connectivity index (χ0) is 28.8. The number of hydrogen-bond acceptors (Lipinski definition) is 3. The number of hydrogen-bond donors (Lipinski definition) is 1. The first-order chi connectivity index (χ1) is 19.8. The summed E-state index contributed by atoms with van der Waals surface area (Å²) in [5.74, 6) is -0.368. The summed E-state index contributed by atoms with van der Waals surface area (Å²) in [6, 6.07) is 40.4. The van der Waals surface area contributed by atoms with Crippen LogP contribution in [0.3, 0.4) is 0 Å². The fourth-order valence-electron chi connectivity index (χ4n) is 4.74. The number of rotatable bonds is 9. The standard InChI is InChI=1S/C35H32N2O3S/c1-26-17-21-30(22-18-26)34(29-13-7-4-8-14-29)36-35(38)32-15-9-10-16-33(32)37(25-28-11-5-3-6-12-28)41(39,40)31-23-19-27(2)20-24-31/h3-24,34H,25H2,1-2H3,(H,36,38)/t34-/m1/s1. The van der Waals surface area contributed by atoms with E-state index in [1.54, 1.807) is 48.5 Å². The molecule has 1 amide bonds. The first kappa shape index (κ1) is 27.9. The highest BCUT2D eigenvalue weighted by Gasteiger charge is 2.29. The van der Waals surface area contributed by atoms with Crippen molar-refractivity contribution in [3.8, 4) is 0 Å². The number of para-hydroxylation sites is 1. The molecule has 0 saturated heterocycles. The Morgan fingerprint density at radius 2 is 1.17 bits per heavy atom. The van der Waals surface area contributed by atoms with Gasteiger partial charge >= 0.3 is 0 Å². The topological polar surface area (TPSA) is 66.5 Å². The van der Waals surface area contributed by atoms with Gasteiger partial charge in [0.25, 0.3) is 15.9 Å². The van der Waals surface area contributed by atoms with Gasteiger partial charge in [0.05, 0.1) is 28.7 Å². The molecule has 6 heteroatoms. The Balaban J connectivity index is 1.57. The van der Waals surface area contributed by atoms with E-state index in [0.717, 1.165) is 27.8 Å². The van der Waals surface area contributed by atoms with E-state index in [-0.39, 0.29) is 22.9 Å². The average molecular weight is 561 g/mol. The second kappa shape index (κ2) is 12.2. The average Bonchev–Trinajstić information content (AvgIpc) is 3.00. The molecule has 5 nitrogen and oxygen atoms in total. The van der Waals surface area contributed by atoms with E-state index in [4.69, 9.17) is 0 Å². The molecule has 206 valence electrons. The van der Waals surface area contributed by atoms with Gasteiger partial charge < -0.3 is 5.32 Å². The minimum atomic E-state index is -4.01. The van der Waals surface area contributed by atoms with Gasteiger partial charge in [-0.3, -0.25) is 9.10 Å². The van der Waals surface area contributed by atoms with E-state index in [1.807, 2.05) is 98.8 Å². The lowest BCUT2D eigenvalue weighted by Crippen LogP contribution is -2.34. The summed E-state index contributed by atoms with van der Waals surface area (Å²) in [6.07, 6.45) is 0. The van der Waals surface area contributed by atoms with Gasteiger partial charge in [-0.2, -0.15) is 0 Å². The van der Waals surface area contributed by atoms with Crippen LogP contribution in [-0.4, -0.2) is 14.3 Å². The Labute approximate surface area is 242 Å². The molecule has 0 fully saturated rings. The van der Waals surface area contributed by atoms with Gasteiger partial charge in [-0.05, 0) is 54.8 Å². The van der Waals surface area contributed by atoms with Gasteiger partial charge in [-0.15, -0.1) is 0 Å². The maximum Gasteiger partial charge on any atom is 0.264 e. The molecule has 5 aromatic rings. The van der Waals surface area contributed by atoms with Crippen molar-refractivity contribution < 1.29 is 13.2 Å². The molecule has 1 N–H and O–H groups in total. The summed E-state index contributed by atoms with van der Waals surface area (Å²) >= 11 is 0. The van der Waals surface area contributed by atoms with Crippen LogP contribution in [0.4, 0.5) is 5.69 Å². The highest BCUT2D eigenvalue weighted by Crippen LogP contribution is 2.31. The quantitative estimate of drug-likeness (QED) is 0.207. The molecule has 0 spiro atoms. The molecule has 1 atom stereocenters. The van der Waals surface area contributed by atoms with Crippen molar-refractivity contribution >= 4 is 21.6 Å². The van der Waals surface area contributed by atoms with Crippen molar-refractivity contribution in [1.29, 1.82) is 0 Å². The summed E-state index contributed by atoms with van der Waals surface area (Å²) in [5.41, 5.74) is 5.32. The highest BCUT2D eigenvalue weighted by atomic mass is 32.2. The zero-order valence-corrected chi connectivity index (χ0v) is 23.9. The van der Waals surface area contributed by atoms with Crippen molar-refractivity contribution in [2.24, 2.45) is 0 Å². The Kier molecular flexibility index (Phi) is 8.31. The van der Waals surface area contributed by atoms with Gasteiger partial charge in [-0.25, -0.2) is 8.42 Å². The fourth-order valence-corrected chi connectivity index (χ4v) is 6.21. The van der Waals surface area contributed by atoms with Crippen LogP contribution in [-0.2, 0) is 16.6 Å². The number of benzene rings is 5. The lowest BCUT2D eigenvalue weighted by molar-refractivity contribution is 0.0943. The monoisotopic (exact) mass is 560 g/mol. The van der Waals surface area contributed by atoms with Crippen LogP contribution >= 0.6 is 0 Å². The van der Waals surface area contributed by atoms with Crippen LogP contribution in [0.1, 0.15) is 44.2 Å². The molecule has 0 radical (unpaired) electrons. The predicted molar refractivity (Wildman–Crippen MR) is 164 cm³/mol. The first-order valence-electron chi connectivity index (χ1n) is 13.5. The van der Waals surface area contributed by atoms with Gasteiger partial charge in [0.1, 0.15) is 0 Å². The summed E-state index contributed by atoms with van der Waals surface area (Å²) in [5, 5.41) is 3.18. The predicted octanol–water partition coefficient (Wildman–Crippen LogP) is 7.22. The summed E-state index contributed by atoms with van der Waals surface area (Å²) in [6.45, 7) is 4.00. The maximum atomic E-state index is 14.1. The number of carbonyl (C=O) groups is 1. The third kappa shape index (κ3) is 6.39. The lowest BCUT2D eigenvalue weighted by atomic mass is 9.97. The molecule has 0 saturated carbocycles. The summed E-state index contributed by atoms with van der Waals surface area (Å²) in [4.78, 5) is 14.2. The number of anilines is 1. The molecule has 0 unspecified atom stereocenters. The molecule has 0 bridgehead atoms. The molecule has 0 aromatic heterocycles. The first-order valence-corrected chi connectivity index (χ1v) is 14.9. The van der Waals surface area contributed by atoms with Crippen molar-refractivity contribution in [1.82, 2.24) is 5.32 Å². The molecule has 5 aromatic carbocycles. The molecule has 0 aliphatic heterocycles. The Bertz CT molecular complexity index is 1720. The summed E-state index contributed by atoms with van der Waals surface area (Å²) < 4.78 is 29.6. The largest absolute Gasteiger partial charge is 0.341 e. The van der Waals surface area contributed by atoms with E-state index in [9.17, 15) is 13.2 Å². The molecular weight excluding hydrogens is 528 g/mol. The molecule has 5 rings (SSSR count). The zero-order valence-electron chi connectivity index (χ0n) is 23.1. The third-order valence-electron chi connectivity index (χ3n) is 7.01. The van der Waals surface area contributed by atoms with E-state index in [2.05, 4.69) is 5.32 Å². The van der Waals surface area contributed by atoms with Crippen molar-refractivity contribution in [3.63, 3.8) is 0 Å². The number of amides is 1. The SMILES string of the molecule is Cc1ccc([C@H](NC(=O)c2ccccc2N(Cc2ccccc2)S(=O)(=O)c2ccc(C)cc2)c2ccccc2)cc1. The molecule has 41 heavy (non-hydrogen) atoms. The maximum absolute atomic E-state index is 14.1. The minimum absolute atomic E-state index is 0.0709. The van der Waals surface area contributed by atoms with E-state index in [1.165, 1.54) is 4.31 Å². The summed E-state index contributed by atoms with van der Waals surface area (Å²) in [7, 11) is -4.01. The van der Waals surface area contributed by atoms with Crippen LogP contribution in [0.5, 0.6) is 0 Å². The molecule has 0 aliphatic carbocycles. The Morgan fingerprint density at radius 1 is 0.659 bits per heavy atom. The normalized spacial score (nSPS) is 12.0. The van der Waals surface area contributed by atoms with Crippen molar-refractivity contribution in [2.45, 2.75) is 31.3 Å². The van der Waals surface area contributed by atoms with Crippen LogP contribution in [0.25, 0.3) is 0 Å². The van der Waals surface area contributed by atoms with E-state index >= 15 is 0 Å². The molecule has 0 heterocycles. The van der Waals surface area contributed by atoms with Gasteiger partial charge in [0.2, 0.25) is 0 Å². The highest BCUT2D eigenvalue weighted by molar-refractivity contribution is 7.92. The molecule has 0 aliphatic rings. The fraction of sp³-hybridized carbons (Fsp3) is 0.114. The van der Waals surface area contributed by atoms with Crippen LogP contribution in [0, 0.1) is 13.8 Å². The Morgan fingerprint density at radius 3 is 1.80 bits per heavy atom. The van der Waals surface area contributed by atoms with E-state index < -0.39 is 16.1 Å². The Hall–Kier alpha value is -4.68. The van der Waals surface area contributed by atoms with Crippen molar-refractivity contribution in [2.75, 3.05) is 4.31 Å². The second-order valence-electron chi connectivity index (χ2n) is 10.1. The minimum Gasteiger partial charge on any atom is -0.341 e. The number of sulfonamides is 1. The molecular formula is C35H32N2O3S. The van der Waals surface area contributed by atoms with Crippen LogP contribution < -0.4 is 9.62 Å². The second-order valence-corrected chi connectivity index (χ2v) is 11.9. The lowest BCUT2D eigenvalue weighted by Gasteiger charge is -2.27. The number of nitrogens with zero attached hydrogens (tertiary/aromatic N) is 1. The van der Waals surface area contributed by atoms with Gasteiger partial charge in [0.15, 0.2) is 0 Å².